The molecular weight excluding hydrogens is 497 g/mol. The molecule has 4 rings (SSSR count). The molecule has 1 fully saturated rings. The predicted octanol–water partition coefficient (Wildman–Crippen LogP) is 6.00. The second-order valence-electron chi connectivity index (χ2n) is 9.06. The van der Waals surface area contributed by atoms with Gasteiger partial charge in [-0.2, -0.15) is 13.2 Å². The Labute approximate surface area is 208 Å². The van der Waals surface area contributed by atoms with Crippen molar-refractivity contribution >= 4 is 27.1 Å². The zero-order valence-corrected chi connectivity index (χ0v) is 21.0. The molecule has 1 atom stereocenters. The fourth-order valence-electron chi connectivity index (χ4n) is 4.60. The topological polar surface area (TPSA) is 40.6 Å². The fraction of sp³-hybridized carbons (Fsp3) is 0.308. The van der Waals surface area contributed by atoms with Crippen LogP contribution in [0.2, 0.25) is 5.02 Å². The molecule has 3 aromatic carbocycles. The average molecular weight is 523 g/mol. The lowest BCUT2D eigenvalue weighted by Crippen LogP contribution is -2.58. The van der Waals surface area contributed by atoms with Crippen LogP contribution in [-0.2, 0) is 28.1 Å². The number of nitrogens with zero attached hydrogens (tertiary/aromatic N) is 2. The first-order chi connectivity index (χ1) is 16.4. The van der Waals surface area contributed by atoms with Gasteiger partial charge in [0.05, 0.1) is 21.0 Å². The van der Waals surface area contributed by atoms with Gasteiger partial charge in [-0.1, -0.05) is 54.1 Å². The Balaban J connectivity index is 1.67. The molecule has 1 saturated heterocycles. The van der Waals surface area contributed by atoms with Crippen LogP contribution in [0.1, 0.15) is 23.6 Å². The average Bonchev–Trinajstić information content (AvgIpc) is 2.80. The quantitative estimate of drug-likeness (QED) is 0.412. The smallest absolute Gasteiger partial charge is 0.368 e. The zero-order valence-electron chi connectivity index (χ0n) is 19.4. The van der Waals surface area contributed by atoms with Gasteiger partial charge < -0.3 is 4.90 Å². The summed E-state index contributed by atoms with van der Waals surface area (Å²) in [4.78, 5) is 4.65. The summed E-state index contributed by atoms with van der Waals surface area (Å²) < 4.78 is 63.6. The van der Waals surface area contributed by atoms with E-state index < -0.39 is 27.1 Å². The molecule has 0 amide bonds. The Bertz CT molecular complexity index is 1320. The van der Waals surface area contributed by atoms with Gasteiger partial charge >= 0.3 is 6.18 Å². The van der Waals surface area contributed by atoms with E-state index in [1.54, 1.807) is 18.2 Å². The van der Waals surface area contributed by atoms with E-state index in [4.69, 9.17) is 11.6 Å². The number of alkyl halides is 3. The van der Waals surface area contributed by atoms with E-state index in [-0.39, 0.29) is 9.92 Å². The third-order valence-corrected chi connectivity index (χ3v) is 7.98. The minimum absolute atomic E-state index is 0.262. The van der Waals surface area contributed by atoms with Gasteiger partial charge in [0.2, 0.25) is 0 Å². The highest BCUT2D eigenvalue weighted by Gasteiger charge is 2.40. The normalized spacial score (nSPS) is 19.7. The molecule has 3 aromatic rings. The molecule has 9 heteroatoms. The standard InChI is InChI=1S/C26H26ClF3N2O2S/c1-25(20-7-4-3-5-8-20)18-31(21-9-6-10-22(16-21)35(2,33)34)13-14-32(25)17-19-11-12-23(24(27)15-19)26(28,29)30/h3-12,15-16H,13-14,17-18H2,1-2H3/t25-/m0/s1. The van der Waals surface area contributed by atoms with Crippen molar-refractivity contribution in [1.29, 1.82) is 0 Å². The molecule has 0 aliphatic carbocycles. The van der Waals surface area contributed by atoms with Gasteiger partial charge in [0.25, 0.3) is 0 Å². The number of rotatable bonds is 5. The minimum atomic E-state index is -4.50. The number of anilines is 1. The molecule has 0 N–H and O–H groups in total. The first-order valence-electron chi connectivity index (χ1n) is 11.1. The lowest BCUT2D eigenvalue weighted by atomic mass is 9.86. The summed E-state index contributed by atoms with van der Waals surface area (Å²) in [6.45, 7) is 4.33. The number of sulfone groups is 1. The maximum atomic E-state index is 13.2. The van der Waals surface area contributed by atoms with Gasteiger partial charge in [-0.05, 0) is 48.4 Å². The predicted molar refractivity (Wildman–Crippen MR) is 132 cm³/mol. The number of piperazine rings is 1. The Kier molecular flexibility index (Phi) is 6.92. The molecule has 1 heterocycles. The summed E-state index contributed by atoms with van der Waals surface area (Å²) in [6.07, 6.45) is -3.31. The molecule has 0 saturated carbocycles. The molecule has 35 heavy (non-hydrogen) atoms. The van der Waals surface area contributed by atoms with Crippen molar-refractivity contribution in [3.05, 3.63) is 94.5 Å². The first kappa shape index (κ1) is 25.5. The van der Waals surface area contributed by atoms with Gasteiger partial charge in [-0.25, -0.2) is 8.42 Å². The van der Waals surface area contributed by atoms with Crippen molar-refractivity contribution in [1.82, 2.24) is 4.90 Å². The fourth-order valence-corrected chi connectivity index (χ4v) is 5.57. The molecule has 1 aliphatic rings. The molecule has 186 valence electrons. The molecule has 0 bridgehead atoms. The lowest BCUT2D eigenvalue weighted by molar-refractivity contribution is -0.137. The number of halogens is 4. The van der Waals surface area contributed by atoms with E-state index in [0.717, 1.165) is 17.3 Å². The van der Waals surface area contributed by atoms with Crippen molar-refractivity contribution in [2.45, 2.75) is 30.1 Å². The van der Waals surface area contributed by atoms with E-state index in [2.05, 4.69) is 16.7 Å². The van der Waals surface area contributed by atoms with Crippen LogP contribution in [0.4, 0.5) is 18.9 Å². The second kappa shape index (κ2) is 9.48. The van der Waals surface area contributed by atoms with Gasteiger partial charge in [0.1, 0.15) is 0 Å². The van der Waals surface area contributed by atoms with E-state index in [0.29, 0.717) is 31.7 Å². The van der Waals surface area contributed by atoms with Gasteiger partial charge in [-0.15, -0.1) is 0 Å². The number of hydrogen-bond donors (Lipinski definition) is 0. The van der Waals surface area contributed by atoms with E-state index >= 15 is 0 Å². The van der Waals surface area contributed by atoms with E-state index in [1.807, 2.05) is 36.4 Å². The summed E-state index contributed by atoms with van der Waals surface area (Å²) >= 11 is 5.98. The summed E-state index contributed by atoms with van der Waals surface area (Å²) in [5.41, 5.74) is 1.23. The number of hydrogen-bond acceptors (Lipinski definition) is 4. The third kappa shape index (κ3) is 5.50. The molecule has 4 nitrogen and oxygen atoms in total. The highest BCUT2D eigenvalue weighted by Crippen LogP contribution is 2.38. The highest BCUT2D eigenvalue weighted by atomic mass is 35.5. The highest BCUT2D eigenvalue weighted by molar-refractivity contribution is 7.90. The molecular formula is C26H26ClF3N2O2S. The van der Waals surface area contributed by atoms with Crippen LogP contribution in [-0.4, -0.2) is 39.2 Å². The lowest BCUT2D eigenvalue weighted by Gasteiger charge is -2.50. The van der Waals surface area contributed by atoms with Crippen molar-refractivity contribution in [3.8, 4) is 0 Å². The van der Waals surface area contributed by atoms with Crippen molar-refractivity contribution < 1.29 is 21.6 Å². The Morgan fingerprint density at radius 2 is 1.69 bits per heavy atom. The summed E-state index contributed by atoms with van der Waals surface area (Å²) in [6, 6.07) is 20.7. The van der Waals surface area contributed by atoms with Crippen LogP contribution < -0.4 is 4.90 Å². The summed E-state index contributed by atoms with van der Waals surface area (Å²) in [7, 11) is -3.34. The first-order valence-corrected chi connectivity index (χ1v) is 13.4. The van der Waals surface area contributed by atoms with Crippen LogP contribution in [0.15, 0.2) is 77.7 Å². The van der Waals surface area contributed by atoms with Gasteiger partial charge in [0, 0.05) is 38.1 Å². The van der Waals surface area contributed by atoms with Crippen LogP contribution >= 0.6 is 11.6 Å². The largest absolute Gasteiger partial charge is 0.417 e. The van der Waals surface area contributed by atoms with Crippen LogP contribution in [0.25, 0.3) is 0 Å². The van der Waals surface area contributed by atoms with E-state index in [1.165, 1.54) is 18.4 Å². The Morgan fingerprint density at radius 3 is 2.31 bits per heavy atom. The SMILES string of the molecule is C[C@@]1(c2ccccc2)CN(c2cccc(S(C)(=O)=O)c2)CCN1Cc1ccc(C(F)(F)F)c(Cl)c1. The Morgan fingerprint density at radius 1 is 0.971 bits per heavy atom. The third-order valence-electron chi connectivity index (χ3n) is 6.56. The van der Waals surface area contributed by atoms with Crippen molar-refractivity contribution in [2.24, 2.45) is 0 Å². The molecule has 0 spiro atoms. The van der Waals surface area contributed by atoms with Crippen LogP contribution in [0, 0.1) is 0 Å². The summed E-state index contributed by atoms with van der Waals surface area (Å²) in [5.74, 6) is 0. The molecule has 0 radical (unpaired) electrons. The maximum Gasteiger partial charge on any atom is 0.417 e. The van der Waals surface area contributed by atoms with Crippen LogP contribution in [0.3, 0.4) is 0 Å². The maximum absolute atomic E-state index is 13.2. The van der Waals surface area contributed by atoms with E-state index in [9.17, 15) is 21.6 Å². The van der Waals surface area contributed by atoms with Gasteiger partial charge in [-0.3, -0.25) is 4.90 Å². The monoisotopic (exact) mass is 522 g/mol. The minimum Gasteiger partial charge on any atom is -0.368 e. The van der Waals surface area contributed by atoms with Crippen molar-refractivity contribution in [3.63, 3.8) is 0 Å². The zero-order chi connectivity index (χ0) is 25.4. The molecule has 0 aromatic heterocycles. The molecule has 1 aliphatic heterocycles. The summed E-state index contributed by atoms with van der Waals surface area (Å²) in [5, 5.41) is -0.312. The van der Waals surface area contributed by atoms with Gasteiger partial charge in [0.15, 0.2) is 9.84 Å². The second-order valence-corrected chi connectivity index (χ2v) is 11.5. The number of benzene rings is 3. The molecule has 0 unspecified atom stereocenters. The Hall–Kier alpha value is -2.55. The van der Waals surface area contributed by atoms with Crippen LogP contribution in [0.5, 0.6) is 0 Å². The van der Waals surface area contributed by atoms with Crippen molar-refractivity contribution in [2.75, 3.05) is 30.8 Å².